The summed E-state index contributed by atoms with van der Waals surface area (Å²) in [6.07, 6.45) is 0.171. The highest BCUT2D eigenvalue weighted by Gasteiger charge is 2.29. The molecule has 0 radical (unpaired) electrons. The van der Waals surface area contributed by atoms with Crippen molar-refractivity contribution in [3.8, 4) is 0 Å². The molecule has 8 heteroatoms. The van der Waals surface area contributed by atoms with Crippen LogP contribution >= 0.6 is 15.9 Å². The Balaban J connectivity index is 2.48. The predicted molar refractivity (Wildman–Crippen MR) is 78.0 cm³/mol. The lowest BCUT2D eigenvalue weighted by Crippen LogP contribution is -2.37. The lowest BCUT2D eigenvalue weighted by molar-refractivity contribution is -0.115. The summed E-state index contributed by atoms with van der Waals surface area (Å²) in [5, 5.41) is 11.8. The Bertz CT molecular complexity index is 660. The van der Waals surface area contributed by atoms with Crippen LogP contribution in [-0.2, 0) is 21.2 Å². The van der Waals surface area contributed by atoms with Crippen LogP contribution in [0.15, 0.2) is 21.5 Å². The van der Waals surface area contributed by atoms with Crippen LogP contribution in [0.4, 0.5) is 5.69 Å². The Hall–Kier alpha value is -0.960. The van der Waals surface area contributed by atoms with E-state index in [1.807, 2.05) is 0 Å². The molecule has 2 rings (SSSR count). The lowest BCUT2D eigenvalue weighted by Gasteiger charge is -2.23. The first-order chi connectivity index (χ1) is 9.27. The molecular weight excluding hydrogens is 348 g/mol. The molecule has 0 saturated carbocycles. The minimum absolute atomic E-state index is 0.0931. The largest absolute Gasteiger partial charge is 0.395 e. The first kappa shape index (κ1) is 15.4. The molecule has 1 amide bonds. The van der Waals surface area contributed by atoms with Crippen LogP contribution in [0.5, 0.6) is 0 Å². The molecule has 1 aromatic rings. The number of carbonyl (C=O) groups excluding carboxylic acids is 1. The van der Waals surface area contributed by atoms with Gasteiger partial charge in [0.2, 0.25) is 15.9 Å². The van der Waals surface area contributed by atoms with Crippen LogP contribution in [0.25, 0.3) is 0 Å². The third-order valence-electron chi connectivity index (χ3n) is 3.32. The highest BCUT2D eigenvalue weighted by Crippen LogP contribution is 2.33. The quantitative estimate of drug-likeness (QED) is 0.834. The monoisotopic (exact) mass is 362 g/mol. The molecule has 1 aliphatic rings. The van der Waals surface area contributed by atoms with Gasteiger partial charge in [0.05, 0.1) is 17.9 Å². The number of nitrogens with zero attached hydrogens (tertiary/aromatic N) is 1. The fourth-order valence-electron chi connectivity index (χ4n) is 1.93. The SMILES string of the molecule is CC(CO)N(C)S(=O)(=O)c1cc2c(cc1Br)NC(=O)C2. The van der Waals surface area contributed by atoms with Gasteiger partial charge in [-0.1, -0.05) is 0 Å². The summed E-state index contributed by atoms with van der Waals surface area (Å²) < 4.78 is 26.5. The average Bonchev–Trinajstić information content (AvgIpc) is 2.74. The number of nitrogens with one attached hydrogen (secondary N) is 1. The molecule has 0 bridgehead atoms. The zero-order valence-corrected chi connectivity index (χ0v) is 13.5. The number of sulfonamides is 1. The number of amides is 1. The van der Waals surface area contributed by atoms with Crippen molar-refractivity contribution < 1.29 is 18.3 Å². The molecule has 20 heavy (non-hydrogen) atoms. The Morgan fingerprint density at radius 3 is 2.75 bits per heavy atom. The Kier molecular flexibility index (Phi) is 4.19. The minimum atomic E-state index is -3.73. The predicted octanol–water partition coefficient (Wildman–Crippen LogP) is 0.945. The Morgan fingerprint density at radius 1 is 1.50 bits per heavy atom. The minimum Gasteiger partial charge on any atom is -0.395 e. The molecule has 110 valence electrons. The number of hydrogen-bond donors (Lipinski definition) is 2. The maximum Gasteiger partial charge on any atom is 0.244 e. The van der Waals surface area contributed by atoms with Crippen molar-refractivity contribution in [1.29, 1.82) is 0 Å². The van der Waals surface area contributed by atoms with Gasteiger partial charge >= 0.3 is 0 Å². The second kappa shape index (κ2) is 5.44. The lowest BCUT2D eigenvalue weighted by atomic mass is 10.2. The van der Waals surface area contributed by atoms with E-state index in [0.29, 0.717) is 15.7 Å². The fraction of sp³-hybridized carbons (Fsp3) is 0.417. The number of rotatable bonds is 4. The van der Waals surface area contributed by atoms with E-state index < -0.39 is 16.1 Å². The molecule has 0 aromatic heterocycles. The van der Waals surface area contributed by atoms with Gasteiger partial charge in [0.25, 0.3) is 0 Å². The van der Waals surface area contributed by atoms with E-state index in [0.717, 1.165) is 4.31 Å². The topological polar surface area (TPSA) is 86.7 Å². The van der Waals surface area contributed by atoms with Crippen LogP contribution in [0, 0.1) is 0 Å². The van der Waals surface area contributed by atoms with Crippen LogP contribution in [-0.4, -0.2) is 43.4 Å². The first-order valence-electron chi connectivity index (χ1n) is 5.98. The summed E-state index contributed by atoms with van der Waals surface area (Å²) in [5.74, 6) is -0.154. The summed E-state index contributed by atoms with van der Waals surface area (Å²) >= 11 is 3.23. The number of halogens is 1. The normalized spacial score (nSPS) is 16.1. The highest BCUT2D eigenvalue weighted by molar-refractivity contribution is 9.10. The second-order valence-electron chi connectivity index (χ2n) is 4.72. The standard InChI is InChI=1S/C12H15BrN2O4S/c1-7(6-16)15(2)20(18,19)11-3-8-4-12(17)14-10(8)5-9(11)13/h3,5,7,16H,4,6H2,1-2H3,(H,14,17). The summed E-state index contributed by atoms with van der Waals surface area (Å²) in [5.41, 5.74) is 1.28. The van der Waals surface area contributed by atoms with Gasteiger partial charge in [-0.05, 0) is 40.5 Å². The molecule has 1 heterocycles. The molecule has 1 unspecified atom stereocenters. The van der Waals surface area contributed by atoms with Crippen molar-refractivity contribution in [3.63, 3.8) is 0 Å². The zero-order chi connectivity index (χ0) is 15.1. The van der Waals surface area contributed by atoms with Crippen LogP contribution in [0.1, 0.15) is 12.5 Å². The molecular formula is C12H15BrN2O4S. The third-order valence-corrected chi connectivity index (χ3v) is 6.26. The van der Waals surface area contributed by atoms with Gasteiger partial charge in [-0.15, -0.1) is 0 Å². The van der Waals surface area contributed by atoms with Gasteiger partial charge < -0.3 is 10.4 Å². The molecule has 1 aromatic carbocycles. The van der Waals surface area contributed by atoms with Gasteiger partial charge in [0.15, 0.2) is 0 Å². The van der Waals surface area contributed by atoms with Gasteiger partial charge in [-0.3, -0.25) is 4.79 Å². The highest BCUT2D eigenvalue weighted by atomic mass is 79.9. The molecule has 0 aliphatic carbocycles. The van der Waals surface area contributed by atoms with Crippen molar-refractivity contribution in [2.45, 2.75) is 24.3 Å². The number of aliphatic hydroxyl groups is 1. The average molecular weight is 363 g/mol. The first-order valence-corrected chi connectivity index (χ1v) is 8.22. The van der Waals surface area contributed by atoms with E-state index in [2.05, 4.69) is 21.2 Å². The number of likely N-dealkylation sites (N-methyl/N-ethyl adjacent to an activating group) is 1. The van der Waals surface area contributed by atoms with Crippen molar-refractivity contribution >= 4 is 37.5 Å². The van der Waals surface area contributed by atoms with Gasteiger partial charge in [0, 0.05) is 23.2 Å². The number of benzene rings is 1. The molecule has 6 nitrogen and oxygen atoms in total. The van der Waals surface area contributed by atoms with Crippen LogP contribution in [0.3, 0.4) is 0 Å². The summed E-state index contributed by atoms with van der Waals surface area (Å²) in [4.78, 5) is 11.4. The number of carbonyl (C=O) groups is 1. The van der Waals surface area contributed by atoms with E-state index in [1.54, 1.807) is 13.0 Å². The molecule has 1 atom stereocenters. The molecule has 0 spiro atoms. The summed E-state index contributed by atoms with van der Waals surface area (Å²) in [7, 11) is -2.32. The number of hydrogen-bond acceptors (Lipinski definition) is 4. The van der Waals surface area contributed by atoms with Crippen molar-refractivity contribution in [3.05, 3.63) is 22.2 Å². The summed E-state index contributed by atoms with van der Waals surface area (Å²) in [6.45, 7) is 1.35. The number of anilines is 1. The molecule has 1 aliphatic heterocycles. The van der Waals surface area contributed by atoms with Gasteiger partial charge in [-0.25, -0.2) is 8.42 Å². The third kappa shape index (κ3) is 2.60. The zero-order valence-electron chi connectivity index (χ0n) is 11.1. The van der Waals surface area contributed by atoms with Crippen LogP contribution < -0.4 is 5.32 Å². The molecule has 0 fully saturated rings. The maximum absolute atomic E-state index is 12.5. The maximum atomic E-state index is 12.5. The van der Waals surface area contributed by atoms with E-state index in [9.17, 15) is 13.2 Å². The van der Waals surface area contributed by atoms with E-state index in [4.69, 9.17) is 5.11 Å². The smallest absolute Gasteiger partial charge is 0.244 e. The molecule has 2 N–H and O–H groups in total. The number of fused-ring (bicyclic) bond motifs is 1. The van der Waals surface area contributed by atoms with E-state index in [1.165, 1.54) is 13.1 Å². The molecule has 0 saturated heterocycles. The second-order valence-corrected chi connectivity index (χ2v) is 7.54. The van der Waals surface area contributed by atoms with Crippen molar-refractivity contribution in [2.24, 2.45) is 0 Å². The van der Waals surface area contributed by atoms with Gasteiger partial charge in [-0.2, -0.15) is 4.31 Å². The number of aliphatic hydroxyl groups excluding tert-OH is 1. The Labute approximate surface area is 126 Å². The fourth-order valence-corrected chi connectivity index (χ4v) is 4.33. The van der Waals surface area contributed by atoms with E-state index >= 15 is 0 Å². The van der Waals surface area contributed by atoms with Crippen LogP contribution in [0.2, 0.25) is 0 Å². The summed E-state index contributed by atoms with van der Waals surface area (Å²) in [6, 6.07) is 2.55. The van der Waals surface area contributed by atoms with E-state index in [-0.39, 0.29) is 23.8 Å². The van der Waals surface area contributed by atoms with Crippen molar-refractivity contribution in [2.75, 3.05) is 19.0 Å². The van der Waals surface area contributed by atoms with Crippen molar-refractivity contribution in [1.82, 2.24) is 4.31 Å². The Morgan fingerprint density at radius 2 is 2.15 bits per heavy atom. The van der Waals surface area contributed by atoms with Gasteiger partial charge in [0.1, 0.15) is 0 Å².